The van der Waals surface area contributed by atoms with Crippen LogP contribution in [0, 0.1) is 17.2 Å². The van der Waals surface area contributed by atoms with Gasteiger partial charge >= 0.3 is 0 Å². The Balaban J connectivity index is 2.23. The lowest BCUT2D eigenvalue weighted by atomic mass is 9.91. The minimum Gasteiger partial charge on any atom is -0.384 e. The zero-order chi connectivity index (χ0) is 13.3. The highest BCUT2D eigenvalue weighted by Gasteiger charge is 2.22. The van der Waals surface area contributed by atoms with E-state index in [0.717, 1.165) is 35.0 Å². The van der Waals surface area contributed by atoms with Crippen molar-refractivity contribution in [1.29, 1.82) is 5.41 Å². The van der Waals surface area contributed by atoms with Crippen LogP contribution in [-0.4, -0.2) is 18.9 Å². The molecular weight excluding hydrogens is 290 g/mol. The predicted octanol–water partition coefficient (Wildman–Crippen LogP) is 3.22. The van der Waals surface area contributed by atoms with Crippen molar-refractivity contribution in [2.45, 2.75) is 20.3 Å². The number of hydrogen-bond acceptors (Lipinski definition) is 2. The van der Waals surface area contributed by atoms with Crippen LogP contribution in [0.3, 0.4) is 0 Å². The molecule has 0 spiro atoms. The Labute approximate surface area is 117 Å². The molecule has 3 N–H and O–H groups in total. The molecule has 18 heavy (non-hydrogen) atoms. The van der Waals surface area contributed by atoms with Crippen molar-refractivity contribution < 1.29 is 0 Å². The van der Waals surface area contributed by atoms with Gasteiger partial charge in [-0.1, -0.05) is 13.8 Å². The van der Waals surface area contributed by atoms with Crippen LogP contribution >= 0.6 is 15.9 Å². The number of hydrogen-bond donors (Lipinski definition) is 2. The summed E-state index contributed by atoms with van der Waals surface area (Å²) in [6.45, 7) is 6.83. The predicted molar refractivity (Wildman–Crippen MR) is 80.3 cm³/mol. The van der Waals surface area contributed by atoms with E-state index in [4.69, 9.17) is 11.1 Å². The molecule has 0 radical (unpaired) electrons. The van der Waals surface area contributed by atoms with E-state index in [1.54, 1.807) is 0 Å². The lowest BCUT2D eigenvalue weighted by Crippen LogP contribution is -2.38. The molecule has 2 rings (SSSR count). The Hall–Kier alpha value is -1.03. The second-order valence-electron chi connectivity index (χ2n) is 5.43. The van der Waals surface area contributed by atoms with Crippen LogP contribution in [0.15, 0.2) is 22.7 Å². The first kappa shape index (κ1) is 13.4. The van der Waals surface area contributed by atoms with E-state index in [-0.39, 0.29) is 5.84 Å². The minimum absolute atomic E-state index is 0.105. The van der Waals surface area contributed by atoms with Gasteiger partial charge in [0.15, 0.2) is 0 Å². The van der Waals surface area contributed by atoms with Gasteiger partial charge in [0.2, 0.25) is 0 Å². The Morgan fingerprint density at radius 2 is 1.94 bits per heavy atom. The molecule has 0 aliphatic carbocycles. The standard InChI is InChI=1S/C14H20BrN3/c1-9-5-10(2)8-18(7-9)11-3-4-12(14(16)17)13(15)6-11/h3-4,6,9-10H,5,7-8H2,1-2H3,(H3,16,17). The maximum Gasteiger partial charge on any atom is 0.123 e. The van der Waals surface area contributed by atoms with Crippen molar-refractivity contribution >= 4 is 27.5 Å². The Bertz CT molecular complexity index is 448. The summed E-state index contributed by atoms with van der Waals surface area (Å²) in [5, 5.41) is 7.49. The van der Waals surface area contributed by atoms with Gasteiger partial charge in [-0.25, -0.2) is 0 Å². The fourth-order valence-electron chi connectivity index (χ4n) is 2.79. The molecule has 2 atom stereocenters. The van der Waals surface area contributed by atoms with E-state index >= 15 is 0 Å². The molecule has 3 nitrogen and oxygen atoms in total. The zero-order valence-electron chi connectivity index (χ0n) is 10.9. The van der Waals surface area contributed by atoms with Gasteiger partial charge in [-0.3, -0.25) is 5.41 Å². The number of nitrogens with two attached hydrogens (primary N) is 1. The lowest BCUT2D eigenvalue weighted by molar-refractivity contribution is 0.357. The first-order valence-corrected chi connectivity index (χ1v) is 7.15. The van der Waals surface area contributed by atoms with E-state index in [0.29, 0.717) is 0 Å². The molecule has 1 aliphatic heterocycles. The van der Waals surface area contributed by atoms with Gasteiger partial charge in [0.05, 0.1) is 0 Å². The number of benzene rings is 1. The monoisotopic (exact) mass is 309 g/mol. The second-order valence-corrected chi connectivity index (χ2v) is 6.28. The van der Waals surface area contributed by atoms with Gasteiger partial charge in [0.25, 0.3) is 0 Å². The van der Waals surface area contributed by atoms with Crippen molar-refractivity contribution in [1.82, 2.24) is 0 Å². The molecule has 1 heterocycles. The molecular formula is C14H20BrN3. The Morgan fingerprint density at radius 1 is 1.33 bits per heavy atom. The van der Waals surface area contributed by atoms with E-state index < -0.39 is 0 Å². The summed E-state index contributed by atoms with van der Waals surface area (Å²) >= 11 is 3.50. The van der Waals surface area contributed by atoms with Crippen LogP contribution in [0.2, 0.25) is 0 Å². The topological polar surface area (TPSA) is 53.1 Å². The van der Waals surface area contributed by atoms with Crippen molar-refractivity contribution in [3.05, 3.63) is 28.2 Å². The smallest absolute Gasteiger partial charge is 0.123 e. The SMILES string of the molecule is CC1CC(C)CN(c2ccc(C(=N)N)c(Br)c2)C1. The second kappa shape index (κ2) is 5.31. The molecule has 1 fully saturated rings. The fraction of sp³-hybridized carbons (Fsp3) is 0.500. The van der Waals surface area contributed by atoms with Crippen LogP contribution in [0.1, 0.15) is 25.8 Å². The van der Waals surface area contributed by atoms with E-state index in [2.05, 4.69) is 46.8 Å². The number of nitrogens with one attached hydrogen (secondary N) is 1. The quantitative estimate of drug-likeness (QED) is 0.651. The first-order valence-electron chi connectivity index (χ1n) is 6.36. The summed E-state index contributed by atoms with van der Waals surface area (Å²) in [6, 6.07) is 6.05. The highest BCUT2D eigenvalue weighted by atomic mass is 79.9. The van der Waals surface area contributed by atoms with Crippen molar-refractivity contribution in [2.75, 3.05) is 18.0 Å². The molecule has 1 saturated heterocycles. The van der Waals surface area contributed by atoms with Crippen molar-refractivity contribution in [3.63, 3.8) is 0 Å². The largest absolute Gasteiger partial charge is 0.384 e. The maximum absolute atomic E-state index is 7.49. The highest BCUT2D eigenvalue weighted by molar-refractivity contribution is 9.10. The Morgan fingerprint density at radius 3 is 2.44 bits per heavy atom. The van der Waals surface area contributed by atoms with E-state index in [1.165, 1.54) is 12.1 Å². The maximum atomic E-state index is 7.49. The summed E-state index contributed by atoms with van der Waals surface area (Å²) in [4.78, 5) is 2.42. The minimum atomic E-state index is 0.105. The fourth-order valence-corrected chi connectivity index (χ4v) is 3.37. The number of amidine groups is 1. The first-order chi connectivity index (χ1) is 8.47. The summed E-state index contributed by atoms with van der Waals surface area (Å²) in [6.07, 6.45) is 1.31. The van der Waals surface area contributed by atoms with Gasteiger partial charge in [-0.05, 0) is 52.4 Å². The number of nitrogens with zero attached hydrogens (tertiary/aromatic N) is 1. The number of halogens is 1. The van der Waals surface area contributed by atoms with Gasteiger partial charge in [-0.2, -0.15) is 0 Å². The number of nitrogen functional groups attached to an aromatic ring is 1. The van der Waals surface area contributed by atoms with Crippen LogP contribution in [0.5, 0.6) is 0 Å². The average molecular weight is 310 g/mol. The number of rotatable bonds is 2. The van der Waals surface area contributed by atoms with Crippen LogP contribution in [0.25, 0.3) is 0 Å². The number of piperidine rings is 1. The van der Waals surface area contributed by atoms with Gasteiger partial charge < -0.3 is 10.6 Å². The average Bonchev–Trinajstić information content (AvgIpc) is 2.26. The molecule has 0 amide bonds. The molecule has 1 aromatic rings. The highest BCUT2D eigenvalue weighted by Crippen LogP contribution is 2.29. The third-order valence-electron chi connectivity index (χ3n) is 3.48. The third kappa shape index (κ3) is 2.86. The molecule has 1 aromatic carbocycles. The molecule has 0 saturated carbocycles. The van der Waals surface area contributed by atoms with Crippen LogP contribution in [0.4, 0.5) is 5.69 Å². The summed E-state index contributed by atoms with van der Waals surface area (Å²) < 4.78 is 0.901. The summed E-state index contributed by atoms with van der Waals surface area (Å²) in [5.41, 5.74) is 7.50. The van der Waals surface area contributed by atoms with Gasteiger partial charge in [-0.15, -0.1) is 0 Å². The van der Waals surface area contributed by atoms with Gasteiger partial charge in [0.1, 0.15) is 5.84 Å². The summed E-state index contributed by atoms with van der Waals surface area (Å²) in [7, 11) is 0. The molecule has 2 unspecified atom stereocenters. The third-order valence-corrected chi connectivity index (χ3v) is 4.13. The molecule has 0 aromatic heterocycles. The van der Waals surface area contributed by atoms with Crippen molar-refractivity contribution in [2.24, 2.45) is 17.6 Å². The molecule has 4 heteroatoms. The van der Waals surface area contributed by atoms with E-state index in [9.17, 15) is 0 Å². The zero-order valence-corrected chi connectivity index (χ0v) is 12.5. The normalized spacial score (nSPS) is 24.1. The lowest BCUT2D eigenvalue weighted by Gasteiger charge is -2.36. The van der Waals surface area contributed by atoms with Crippen molar-refractivity contribution in [3.8, 4) is 0 Å². The van der Waals surface area contributed by atoms with Crippen LogP contribution < -0.4 is 10.6 Å². The summed E-state index contributed by atoms with van der Waals surface area (Å²) in [5.74, 6) is 1.58. The molecule has 98 valence electrons. The number of anilines is 1. The molecule has 0 bridgehead atoms. The molecule has 1 aliphatic rings. The Kier molecular flexibility index (Phi) is 3.95. The van der Waals surface area contributed by atoms with Gasteiger partial charge in [0, 0.05) is 28.8 Å². The van der Waals surface area contributed by atoms with E-state index in [1.807, 2.05) is 6.07 Å². The van der Waals surface area contributed by atoms with Crippen LogP contribution in [-0.2, 0) is 0 Å².